The summed E-state index contributed by atoms with van der Waals surface area (Å²) in [6, 6.07) is 9.42. The largest absolute Gasteiger partial charge is 0.481 e. The van der Waals surface area contributed by atoms with Gasteiger partial charge in [-0.3, -0.25) is 9.59 Å². The highest BCUT2D eigenvalue weighted by molar-refractivity contribution is 5.94. The Balaban J connectivity index is 1.79. The number of likely N-dealkylation sites (tertiary alicyclic amines) is 1. The molecular formula is C18H20N2O4. The molecule has 1 N–H and O–H groups in total. The number of aromatic nitrogens is 1. The van der Waals surface area contributed by atoms with Crippen molar-refractivity contribution < 1.29 is 19.1 Å². The van der Waals surface area contributed by atoms with Crippen LogP contribution in [0, 0.1) is 18.8 Å². The maximum absolute atomic E-state index is 12.7. The molecule has 0 saturated carbocycles. The predicted octanol–water partition coefficient (Wildman–Crippen LogP) is 2.83. The van der Waals surface area contributed by atoms with Gasteiger partial charge in [-0.05, 0) is 31.4 Å². The molecule has 2 aromatic rings. The van der Waals surface area contributed by atoms with Crippen molar-refractivity contribution >= 4 is 11.9 Å². The van der Waals surface area contributed by atoms with E-state index in [4.69, 9.17) is 4.42 Å². The molecular weight excluding hydrogens is 308 g/mol. The number of carboxylic acid groups (broad SMARTS) is 1. The quantitative estimate of drug-likeness (QED) is 0.936. The van der Waals surface area contributed by atoms with E-state index >= 15 is 0 Å². The second kappa shape index (κ2) is 6.47. The molecule has 1 fully saturated rings. The molecule has 126 valence electrons. The Hall–Kier alpha value is -2.63. The SMILES string of the molecule is Cc1oc(-c2ccccc2)nc1C(=O)N1CCC(C(=O)O)C(C)C1. The van der Waals surface area contributed by atoms with E-state index in [1.807, 2.05) is 37.3 Å². The molecule has 6 heteroatoms. The summed E-state index contributed by atoms with van der Waals surface area (Å²) < 4.78 is 5.65. The van der Waals surface area contributed by atoms with Crippen molar-refractivity contribution in [1.29, 1.82) is 0 Å². The van der Waals surface area contributed by atoms with Crippen LogP contribution in [0.5, 0.6) is 0 Å². The fourth-order valence-corrected chi connectivity index (χ4v) is 3.15. The van der Waals surface area contributed by atoms with Crippen LogP contribution in [-0.2, 0) is 4.79 Å². The molecule has 0 bridgehead atoms. The van der Waals surface area contributed by atoms with Crippen molar-refractivity contribution in [1.82, 2.24) is 9.88 Å². The third-order valence-electron chi connectivity index (χ3n) is 4.53. The van der Waals surface area contributed by atoms with Gasteiger partial charge in [0.15, 0.2) is 5.69 Å². The van der Waals surface area contributed by atoms with Crippen LogP contribution in [0.15, 0.2) is 34.7 Å². The molecule has 6 nitrogen and oxygen atoms in total. The van der Waals surface area contributed by atoms with Gasteiger partial charge >= 0.3 is 5.97 Å². The van der Waals surface area contributed by atoms with Crippen LogP contribution in [0.4, 0.5) is 0 Å². The Morgan fingerprint density at radius 2 is 2.00 bits per heavy atom. The topological polar surface area (TPSA) is 83.6 Å². The highest BCUT2D eigenvalue weighted by Crippen LogP contribution is 2.27. The fraction of sp³-hybridized carbons (Fsp3) is 0.389. The van der Waals surface area contributed by atoms with Gasteiger partial charge in [0, 0.05) is 18.7 Å². The van der Waals surface area contributed by atoms with E-state index in [2.05, 4.69) is 4.98 Å². The van der Waals surface area contributed by atoms with E-state index in [0.717, 1.165) is 5.56 Å². The van der Waals surface area contributed by atoms with Gasteiger partial charge in [0.25, 0.3) is 5.91 Å². The van der Waals surface area contributed by atoms with E-state index < -0.39 is 11.9 Å². The van der Waals surface area contributed by atoms with Crippen LogP contribution in [-0.4, -0.2) is 40.0 Å². The molecule has 3 rings (SSSR count). The summed E-state index contributed by atoms with van der Waals surface area (Å²) >= 11 is 0. The van der Waals surface area contributed by atoms with E-state index in [-0.39, 0.29) is 11.8 Å². The number of carboxylic acids is 1. The van der Waals surface area contributed by atoms with Gasteiger partial charge in [-0.2, -0.15) is 0 Å². The molecule has 1 aromatic heterocycles. The Bertz CT molecular complexity index is 754. The number of benzene rings is 1. The highest BCUT2D eigenvalue weighted by Gasteiger charge is 2.34. The monoisotopic (exact) mass is 328 g/mol. The number of carbonyl (C=O) groups is 2. The van der Waals surface area contributed by atoms with Crippen LogP contribution in [0.1, 0.15) is 29.6 Å². The molecule has 0 aliphatic carbocycles. The number of oxazole rings is 1. The van der Waals surface area contributed by atoms with Crippen LogP contribution in [0.2, 0.25) is 0 Å². The molecule has 2 unspecified atom stereocenters. The first-order valence-electron chi connectivity index (χ1n) is 8.02. The predicted molar refractivity (Wildman–Crippen MR) is 87.5 cm³/mol. The normalized spacial score (nSPS) is 20.8. The zero-order valence-corrected chi connectivity index (χ0v) is 13.7. The van der Waals surface area contributed by atoms with Crippen molar-refractivity contribution in [3.05, 3.63) is 41.8 Å². The van der Waals surface area contributed by atoms with Gasteiger partial charge in [-0.25, -0.2) is 4.98 Å². The Morgan fingerprint density at radius 1 is 1.29 bits per heavy atom. The maximum Gasteiger partial charge on any atom is 0.306 e. The lowest BCUT2D eigenvalue weighted by molar-refractivity contribution is -0.145. The Morgan fingerprint density at radius 3 is 2.62 bits per heavy atom. The molecule has 24 heavy (non-hydrogen) atoms. The van der Waals surface area contributed by atoms with Crippen molar-refractivity contribution in [3.63, 3.8) is 0 Å². The third-order valence-corrected chi connectivity index (χ3v) is 4.53. The van der Waals surface area contributed by atoms with Crippen molar-refractivity contribution in [2.24, 2.45) is 11.8 Å². The van der Waals surface area contributed by atoms with Crippen LogP contribution < -0.4 is 0 Å². The minimum absolute atomic E-state index is 0.0824. The summed E-state index contributed by atoms with van der Waals surface area (Å²) in [5.41, 5.74) is 1.12. The first-order valence-corrected chi connectivity index (χ1v) is 8.02. The summed E-state index contributed by atoms with van der Waals surface area (Å²) in [5, 5.41) is 9.19. The van der Waals surface area contributed by atoms with Gasteiger partial charge < -0.3 is 14.4 Å². The molecule has 1 aromatic carbocycles. The lowest BCUT2D eigenvalue weighted by Gasteiger charge is -2.34. The smallest absolute Gasteiger partial charge is 0.306 e. The number of piperidine rings is 1. The molecule has 1 aliphatic heterocycles. The minimum Gasteiger partial charge on any atom is -0.481 e. The van der Waals surface area contributed by atoms with Crippen molar-refractivity contribution in [3.8, 4) is 11.5 Å². The minimum atomic E-state index is -0.793. The molecule has 0 spiro atoms. The Kier molecular flexibility index (Phi) is 4.38. The lowest BCUT2D eigenvalue weighted by Crippen LogP contribution is -2.45. The summed E-state index contributed by atoms with van der Waals surface area (Å²) in [6.45, 7) is 4.43. The third kappa shape index (κ3) is 3.04. The van der Waals surface area contributed by atoms with Gasteiger partial charge in [0.1, 0.15) is 5.76 Å². The molecule has 1 amide bonds. The number of aliphatic carboxylic acids is 1. The number of aryl methyl sites for hydroxylation is 1. The highest BCUT2D eigenvalue weighted by atomic mass is 16.4. The Labute approximate surface area is 140 Å². The second-order valence-electron chi connectivity index (χ2n) is 6.25. The van der Waals surface area contributed by atoms with Crippen LogP contribution in [0.3, 0.4) is 0 Å². The summed E-state index contributed by atoms with van der Waals surface area (Å²) in [6.07, 6.45) is 0.463. The van der Waals surface area contributed by atoms with Crippen LogP contribution in [0.25, 0.3) is 11.5 Å². The molecule has 0 radical (unpaired) electrons. The molecule has 1 saturated heterocycles. The number of rotatable bonds is 3. The summed E-state index contributed by atoms with van der Waals surface area (Å²) in [5.74, 6) is -0.571. The average molecular weight is 328 g/mol. The lowest BCUT2D eigenvalue weighted by atomic mass is 9.87. The second-order valence-corrected chi connectivity index (χ2v) is 6.25. The zero-order valence-electron chi connectivity index (χ0n) is 13.7. The van der Waals surface area contributed by atoms with Gasteiger partial charge in [0.05, 0.1) is 5.92 Å². The standard InChI is InChI=1S/C18H20N2O4/c1-11-10-20(9-8-14(11)18(22)23)17(21)15-12(2)24-16(19-15)13-6-4-3-5-7-13/h3-7,11,14H,8-10H2,1-2H3,(H,22,23). The zero-order chi connectivity index (χ0) is 17.3. The number of hydrogen-bond acceptors (Lipinski definition) is 4. The number of amides is 1. The first-order chi connectivity index (χ1) is 11.5. The maximum atomic E-state index is 12.7. The van der Waals surface area contributed by atoms with Gasteiger partial charge in [0.2, 0.25) is 5.89 Å². The average Bonchev–Trinajstić information content (AvgIpc) is 2.96. The first kappa shape index (κ1) is 16.2. The molecule has 1 aliphatic rings. The van der Waals surface area contributed by atoms with Crippen LogP contribution >= 0.6 is 0 Å². The number of hydrogen-bond donors (Lipinski definition) is 1. The number of nitrogens with zero attached hydrogens (tertiary/aromatic N) is 2. The van der Waals surface area contributed by atoms with E-state index in [1.165, 1.54) is 0 Å². The van der Waals surface area contributed by atoms with Crippen molar-refractivity contribution in [2.75, 3.05) is 13.1 Å². The van der Waals surface area contributed by atoms with E-state index in [1.54, 1.807) is 11.8 Å². The molecule has 2 heterocycles. The fourth-order valence-electron chi connectivity index (χ4n) is 3.15. The van der Waals surface area contributed by atoms with E-state index in [9.17, 15) is 14.7 Å². The molecule has 2 atom stereocenters. The van der Waals surface area contributed by atoms with Crippen molar-refractivity contribution in [2.45, 2.75) is 20.3 Å². The van der Waals surface area contributed by atoms with Gasteiger partial charge in [-0.1, -0.05) is 25.1 Å². The summed E-state index contributed by atoms with van der Waals surface area (Å²) in [4.78, 5) is 30.0. The number of carbonyl (C=O) groups excluding carboxylic acids is 1. The van der Waals surface area contributed by atoms with E-state index in [0.29, 0.717) is 36.9 Å². The van der Waals surface area contributed by atoms with Gasteiger partial charge in [-0.15, -0.1) is 0 Å². The summed E-state index contributed by atoms with van der Waals surface area (Å²) in [7, 11) is 0.